The van der Waals surface area contributed by atoms with Gasteiger partial charge in [0.05, 0.1) is 5.71 Å². The third-order valence-electron chi connectivity index (χ3n) is 3.77. The number of anilines is 1. The summed E-state index contributed by atoms with van der Waals surface area (Å²) in [6, 6.07) is 18.0. The van der Waals surface area contributed by atoms with Gasteiger partial charge in [-0.2, -0.15) is 10.1 Å². The molecule has 0 saturated heterocycles. The first-order valence-corrected chi connectivity index (χ1v) is 7.94. The fourth-order valence-corrected chi connectivity index (χ4v) is 2.52. The molecule has 6 nitrogen and oxygen atoms in total. The van der Waals surface area contributed by atoms with Crippen LogP contribution in [0.1, 0.15) is 12.5 Å². The van der Waals surface area contributed by atoms with Gasteiger partial charge in [0.25, 0.3) is 5.95 Å². The van der Waals surface area contributed by atoms with Crippen molar-refractivity contribution in [2.45, 2.75) is 6.92 Å². The van der Waals surface area contributed by atoms with Crippen molar-refractivity contribution in [3.63, 3.8) is 0 Å². The fraction of sp³-hybridized carbons (Fsp3) is 0.0526. The zero-order valence-electron chi connectivity index (χ0n) is 13.6. The lowest BCUT2D eigenvalue weighted by molar-refractivity contribution is 1.01. The molecule has 25 heavy (non-hydrogen) atoms. The highest BCUT2D eigenvalue weighted by atomic mass is 15.4. The third-order valence-corrected chi connectivity index (χ3v) is 3.77. The van der Waals surface area contributed by atoms with Gasteiger partial charge in [-0.15, -0.1) is 10.2 Å². The van der Waals surface area contributed by atoms with E-state index in [0.717, 1.165) is 27.7 Å². The molecule has 0 saturated carbocycles. The summed E-state index contributed by atoms with van der Waals surface area (Å²) in [6.07, 6.45) is 3.93. The molecule has 0 unspecified atom stereocenters. The monoisotopic (exact) mass is 328 g/mol. The lowest BCUT2D eigenvalue weighted by Gasteiger charge is -1.98. The van der Waals surface area contributed by atoms with E-state index in [1.165, 1.54) is 0 Å². The Morgan fingerprint density at radius 2 is 1.84 bits per heavy atom. The summed E-state index contributed by atoms with van der Waals surface area (Å²) in [7, 11) is 0. The quantitative estimate of drug-likeness (QED) is 0.438. The lowest BCUT2D eigenvalue weighted by Crippen LogP contribution is -2.00. The summed E-state index contributed by atoms with van der Waals surface area (Å²) in [5, 5.41) is 13.6. The Bertz CT molecular complexity index is 1080. The van der Waals surface area contributed by atoms with E-state index in [4.69, 9.17) is 0 Å². The number of nitrogens with one attached hydrogen (secondary N) is 2. The van der Waals surface area contributed by atoms with Crippen LogP contribution in [0.2, 0.25) is 0 Å². The highest BCUT2D eigenvalue weighted by Crippen LogP contribution is 2.21. The van der Waals surface area contributed by atoms with Gasteiger partial charge in [-0.25, -0.2) is 5.43 Å². The summed E-state index contributed by atoms with van der Waals surface area (Å²) in [6.45, 7) is 1.90. The number of benzene rings is 2. The molecule has 4 rings (SSSR count). The Kier molecular flexibility index (Phi) is 3.92. The van der Waals surface area contributed by atoms with Gasteiger partial charge in [0, 0.05) is 10.9 Å². The summed E-state index contributed by atoms with van der Waals surface area (Å²) < 4.78 is 0. The van der Waals surface area contributed by atoms with Crippen molar-refractivity contribution in [2.24, 2.45) is 5.10 Å². The number of nitrogens with zero attached hydrogens (tertiary/aromatic N) is 4. The van der Waals surface area contributed by atoms with E-state index in [1.807, 2.05) is 73.7 Å². The van der Waals surface area contributed by atoms with Crippen LogP contribution in [-0.4, -0.2) is 25.9 Å². The van der Waals surface area contributed by atoms with Crippen molar-refractivity contribution < 1.29 is 0 Å². The number of allylic oxidation sites excluding steroid dienone is 1. The van der Waals surface area contributed by atoms with Crippen LogP contribution >= 0.6 is 0 Å². The topological polar surface area (TPSA) is 78.8 Å². The summed E-state index contributed by atoms with van der Waals surface area (Å²) in [5.41, 5.74) is 7.21. The predicted molar refractivity (Wildman–Crippen MR) is 101 cm³/mol. The van der Waals surface area contributed by atoms with Crippen molar-refractivity contribution >= 4 is 39.8 Å². The van der Waals surface area contributed by atoms with Gasteiger partial charge < -0.3 is 4.98 Å². The van der Waals surface area contributed by atoms with Gasteiger partial charge >= 0.3 is 0 Å². The molecule has 6 heteroatoms. The summed E-state index contributed by atoms with van der Waals surface area (Å²) in [5.74, 6) is 0.353. The first-order chi connectivity index (χ1) is 12.3. The first kappa shape index (κ1) is 15.0. The minimum atomic E-state index is 0.353. The number of H-pyrrole nitrogens is 1. The van der Waals surface area contributed by atoms with Crippen molar-refractivity contribution in [2.75, 3.05) is 5.43 Å². The number of aromatic amines is 1. The third kappa shape index (κ3) is 3.23. The van der Waals surface area contributed by atoms with E-state index in [0.29, 0.717) is 11.6 Å². The van der Waals surface area contributed by atoms with Crippen LogP contribution in [0.3, 0.4) is 0 Å². The lowest BCUT2D eigenvalue weighted by atomic mass is 10.2. The smallest absolute Gasteiger partial charge is 0.265 e. The van der Waals surface area contributed by atoms with Crippen molar-refractivity contribution in [3.8, 4) is 0 Å². The minimum absolute atomic E-state index is 0.353. The fourth-order valence-electron chi connectivity index (χ4n) is 2.52. The maximum absolute atomic E-state index is 4.43. The molecule has 0 spiro atoms. The number of hydrogen-bond donors (Lipinski definition) is 2. The average molecular weight is 328 g/mol. The van der Waals surface area contributed by atoms with Gasteiger partial charge in [-0.05, 0) is 24.6 Å². The van der Waals surface area contributed by atoms with E-state index in [2.05, 4.69) is 30.7 Å². The average Bonchev–Trinajstić information content (AvgIpc) is 3.03. The number of hydrogen-bond acceptors (Lipinski definition) is 5. The van der Waals surface area contributed by atoms with E-state index in [1.54, 1.807) is 0 Å². The van der Waals surface area contributed by atoms with Crippen LogP contribution in [0.5, 0.6) is 0 Å². The maximum Gasteiger partial charge on any atom is 0.265 e. The molecule has 0 amide bonds. The number of aromatic nitrogens is 4. The van der Waals surface area contributed by atoms with Crippen molar-refractivity contribution in [1.82, 2.24) is 20.2 Å². The van der Waals surface area contributed by atoms with E-state index in [9.17, 15) is 0 Å². The standard InChI is InChI=1S/C19H16N6/c1-13(11-12-14-7-3-2-4-8-14)22-24-19-21-18-17(23-25-19)15-9-5-6-10-16(15)20-18/h2-12H,1H3,(H2,20,21,24,25). The Labute approximate surface area is 144 Å². The molecule has 2 aromatic heterocycles. The molecule has 0 atom stereocenters. The van der Waals surface area contributed by atoms with Crippen molar-refractivity contribution in [1.29, 1.82) is 0 Å². The SMILES string of the molecule is CC(C=Cc1ccccc1)=NNc1nnc2c(n1)[nH]c1ccccc12. The number of rotatable bonds is 4. The zero-order valence-corrected chi connectivity index (χ0v) is 13.6. The van der Waals surface area contributed by atoms with Crippen molar-refractivity contribution in [3.05, 3.63) is 66.2 Å². The summed E-state index contributed by atoms with van der Waals surface area (Å²) >= 11 is 0. The Morgan fingerprint density at radius 1 is 1.04 bits per heavy atom. The molecular formula is C19H16N6. The zero-order chi connectivity index (χ0) is 17.1. The van der Waals surface area contributed by atoms with Crippen LogP contribution in [0.25, 0.3) is 28.1 Å². The van der Waals surface area contributed by atoms with Gasteiger partial charge in [0.2, 0.25) is 0 Å². The Balaban J connectivity index is 1.54. The highest BCUT2D eigenvalue weighted by molar-refractivity contribution is 6.03. The number of hydrazone groups is 1. The second-order valence-electron chi connectivity index (χ2n) is 5.61. The van der Waals surface area contributed by atoms with Gasteiger partial charge in [0.1, 0.15) is 5.52 Å². The maximum atomic E-state index is 4.43. The molecule has 0 fully saturated rings. The molecule has 0 aliphatic carbocycles. The number of fused-ring (bicyclic) bond motifs is 3. The molecule has 2 N–H and O–H groups in total. The van der Waals surface area contributed by atoms with E-state index in [-0.39, 0.29) is 0 Å². The first-order valence-electron chi connectivity index (χ1n) is 7.94. The van der Waals surface area contributed by atoms with E-state index >= 15 is 0 Å². The molecule has 0 radical (unpaired) electrons. The second-order valence-corrected chi connectivity index (χ2v) is 5.61. The van der Waals surface area contributed by atoms with E-state index < -0.39 is 0 Å². The van der Waals surface area contributed by atoms with Gasteiger partial charge in [-0.1, -0.05) is 54.6 Å². The molecular weight excluding hydrogens is 312 g/mol. The summed E-state index contributed by atoms with van der Waals surface area (Å²) in [4.78, 5) is 7.67. The predicted octanol–water partition coefficient (Wildman–Crippen LogP) is 4.01. The Morgan fingerprint density at radius 3 is 2.72 bits per heavy atom. The molecule has 4 aromatic rings. The largest absolute Gasteiger partial charge is 0.338 e. The van der Waals surface area contributed by atoms with Gasteiger partial charge in [-0.3, -0.25) is 0 Å². The number of para-hydroxylation sites is 1. The minimum Gasteiger partial charge on any atom is -0.338 e. The molecule has 2 aromatic carbocycles. The molecule has 0 aliphatic rings. The molecule has 2 heterocycles. The van der Waals surface area contributed by atoms with Crippen LogP contribution in [0, 0.1) is 0 Å². The van der Waals surface area contributed by atoms with Crippen LogP contribution < -0.4 is 5.43 Å². The van der Waals surface area contributed by atoms with Crippen LogP contribution in [-0.2, 0) is 0 Å². The normalized spacial score (nSPS) is 12.3. The Hall–Kier alpha value is -3.54. The molecule has 0 aliphatic heterocycles. The van der Waals surface area contributed by atoms with Crippen LogP contribution in [0.4, 0.5) is 5.95 Å². The molecule has 122 valence electrons. The van der Waals surface area contributed by atoms with Gasteiger partial charge in [0.15, 0.2) is 5.65 Å². The van der Waals surface area contributed by atoms with Crippen LogP contribution in [0.15, 0.2) is 65.8 Å². The molecule has 0 bridgehead atoms. The highest BCUT2D eigenvalue weighted by Gasteiger charge is 2.07. The second kappa shape index (κ2) is 6.52.